The van der Waals surface area contributed by atoms with E-state index in [-0.39, 0.29) is 6.29 Å². The lowest BCUT2D eigenvalue weighted by molar-refractivity contribution is -0.190. The van der Waals surface area contributed by atoms with Crippen LogP contribution in [0.4, 0.5) is 0 Å². The lowest BCUT2D eigenvalue weighted by Gasteiger charge is -2.39. The number of rotatable bonds is 4. The fourth-order valence-electron chi connectivity index (χ4n) is 4.39. The maximum Gasteiger partial charge on any atom is 0.159 e. The Kier molecular flexibility index (Phi) is 3.65. The summed E-state index contributed by atoms with van der Waals surface area (Å²) in [6.07, 6.45) is 6.25. The molecular weight excluding hydrogens is 240 g/mol. The van der Waals surface area contributed by atoms with Crippen molar-refractivity contribution in [3.63, 3.8) is 0 Å². The van der Waals surface area contributed by atoms with Gasteiger partial charge in [-0.1, -0.05) is 20.8 Å². The molecule has 3 rings (SSSR count). The van der Waals surface area contributed by atoms with Crippen LogP contribution in [0.15, 0.2) is 0 Å². The summed E-state index contributed by atoms with van der Waals surface area (Å²) in [5.74, 6) is 0.852. The van der Waals surface area contributed by atoms with Crippen molar-refractivity contribution in [1.29, 1.82) is 0 Å². The summed E-state index contributed by atoms with van der Waals surface area (Å²) in [5, 5.41) is 0. The van der Waals surface area contributed by atoms with Crippen LogP contribution in [0, 0.1) is 16.7 Å². The highest BCUT2D eigenvalue weighted by molar-refractivity contribution is 5.11. The molecule has 3 atom stereocenters. The molecule has 2 aliphatic carbocycles. The van der Waals surface area contributed by atoms with E-state index in [4.69, 9.17) is 14.2 Å². The Bertz CT molecular complexity index is 322. The molecule has 0 amide bonds. The third-order valence-electron chi connectivity index (χ3n) is 6.28. The second-order valence-corrected chi connectivity index (χ2v) is 7.28. The molecule has 3 nitrogen and oxygen atoms in total. The van der Waals surface area contributed by atoms with Crippen LogP contribution < -0.4 is 0 Å². The molecule has 3 heteroatoms. The van der Waals surface area contributed by atoms with Gasteiger partial charge in [0.15, 0.2) is 6.29 Å². The average Bonchev–Trinajstić information content (AvgIpc) is 2.73. The lowest BCUT2D eigenvalue weighted by Crippen LogP contribution is -2.37. The third-order valence-corrected chi connectivity index (χ3v) is 6.28. The minimum absolute atomic E-state index is 0.0341. The van der Waals surface area contributed by atoms with E-state index in [2.05, 4.69) is 20.8 Å². The van der Waals surface area contributed by atoms with Crippen LogP contribution in [0.3, 0.4) is 0 Å². The molecule has 1 aliphatic heterocycles. The Morgan fingerprint density at radius 1 is 1.16 bits per heavy atom. The highest BCUT2D eigenvalue weighted by Gasteiger charge is 2.61. The number of ether oxygens (including phenoxy) is 3. The zero-order chi connectivity index (χ0) is 13.5. The summed E-state index contributed by atoms with van der Waals surface area (Å²) in [7, 11) is 0. The van der Waals surface area contributed by atoms with E-state index < -0.39 is 0 Å². The van der Waals surface area contributed by atoms with Crippen molar-refractivity contribution >= 4 is 0 Å². The van der Waals surface area contributed by atoms with Crippen LogP contribution in [0.1, 0.15) is 52.9 Å². The molecule has 0 aromatic rings. The molecule has 0 N–H and O–H groups in total. The van der Waals surface area contributed by atoms with Crippen LogP contribution in [-0.2, 0) is 14.2 Å². The Hall–Kier alpha value is -0.120. The molecule has 110 valence electrons. The maximum absolute atomic E-state index is 6.22. The van der Waals surface area contributed by atoms with Gasteiger partial charge >= 0.3 is 0 Å². The standard InChI is InChI=1S/C16H28O3/c1-15(2)12-5-7-16(15,3)13(11-12)17-10-6-14-18-8-4-9-19-14/h12-14H,4-11H2,1-3H3. The molecule has 2 saturated carbocycles. The van der Waals surface area contributed by atoms with Gasteiger partial charge in [0.1, 0.15) is 0 Å². The molecule has 1 heterocycles. The van der Waals surface area contributed by atoms with E-state index in [1.165, 1.54) is 19.3 Å². The van der Waals surface area contributed by atoms with E-state index in [9.17, 15) is 0 Å². The van der Waals surface area contributed by atoms with Crippen molar-refractivity contribution < 1.29 is 14.2 Å². The van der Waals surface area contributed by atoms with E-state index in [1.54, 1.807) is 0 Å². The predicted molar refractivity (Wildman–Crippen MR) is 73.9 cm³/mol. The van der Waals surface area contributed by atoms with Crippen molar-refractivity contribution in [3.8, 4) is 0 Å². The molecule has 3 aliphatic rings. The monoisotopic (exact) mass is 268 g/mol. The van der Waals surface area contributed by atoms with Gasteiger partial charge in [-0.25, -0.2) is 0 Å². The summed E-state index contributed by atoms with van der Waals surface area (Å²) in [5.41, 5.74) is 0.807. The number of hydrogen-bond acceptors (Lipinski definition) is 3. The molecule has 2 bridgehead atoms. The molecule has 0 spiro atoms. The van der Waals surface area contributed by atoms with Gasteiger partial charge in [-0.3, -0.25) is 0 Å². The fraction of sp³-hybridized carbons (Fsp3) is 1.00. The first-order valence-corrected chi connectivity index (χ1v) is 7.89. The number of fused-ring (bicyclic) bond motifs is 2. The quantitative estimate of drug-likeness (QED) is 0.782. The van der Waals surface area contributed by atoms with Crippen LogP contribution in [0.2, 0.25) is 0 Å². The van der Waals surface area contributed by atoms with Gasteiger partial charge in [0.05, 0.1) is 25.9 Å². The molecule has 1 saturated heterocycles. The SMILES string of the molecule is CC1(C)C2CCC1(C)C(OCCC1OCCCO1)C2. The highest BCUT2D eigenvalue weighted by atomic mass is 16.7. The third kappa shape index (κ3) is 2.24. The van der Waals surface area contributed by atoms with E-state index >= 15 is 0 Å². The molecule has 19 heavy (non-hydrogen) atoms. The minimum atomic E-state index is -0.0341. The Balaban J connectivity index is 1.49. The first-order chi connectivity index (χ1) is 9.04. The Labute approximate surface area is 117 Å². The molecule has 3 fully saturated rings. The fourth-order valence-corrected chi connectivity index (χ4v) is 4.39. The molecule has 0 radical (unpaired) electrons. The topological polar surface area (TPSA) is 27.7 Å². The van der Waals surface area contributed by atoms with Crippen molar-refractivity contribution in [3.05, 3.63) is 0 Å². The average molecular weight is 268 g/mol. The first kappa shape index (κ1) is 13.8. The van der Waals surface area contributed by atoms with Gasteiger partial charge in [0.2, 0.25) is 0 Å². The Morgan fingerprint density at radius 3 is 2.47 bits per heavy atom. The zero-order valence-electron chi connectivity index (χ0n) is 12.6. The summed E-state index contributed by atoms with van der Waals surface area (Å²) in [6, 6.07) is 0. The maximum atomic E-state index is 6.22. The van der Waals surface area contributed by atoms with Crippen molar-refractivity contribution in [2.75, 3.05) is 19.8 Å². The molecule has 0 aromatic carbocycles. The first-order valence-electron chi connectivity index (χ1n) is 7.89. The lowest BCUT2D eigenvalue weighted by atomic mass is 9.70. The van der Waals surface area contributed by atoms with Crippen molar-refractivity contribution in [2.24, 2.45) is 16.7 Å². The zero-order valence-corrected chi connectivity index (χ0v) is 12.6. The summed E-state index contributed by atoms with van der Waals surface area (Å²) >= 11 is 0. The van der Waals surface area contributed by atoms with E-state index in [0.717, 1.165) is 38.6 Å². The molecular formula is C16H28O3. The normalized spacial score (nSPS) is 41.8. The summed E-state index contributed by atoms with van der Waals surface area (Å²) in [4.78, 5) is 0. The molecule has 3 unspecified atom stereocenters. The van der Waals surface area contributed by atoms with Crippen molar-refractivity contribution in [1.82, 2.24) is 0 Å². The summed E-state index contributed by atoms with van der Waals surface area (Å²) in [6.45, 7) is 9.73. The van der Waals surface area contributed by atoms with Gasteiger partial charge in [0, 0.05) is 6.42 Å². The second kappa shape index (κ2) is 5.01. The highest BCUT2D eigenvalue weighted by Crippen LogP contribution is 2.66. The Morgan fingerprint density at radius 2 is 1.89 bits per heavy atom. The van der Waals surface area contributed by atoms with Gasteiger partial charge in [-0.2, -0.15) is 0 Å². The van der Waals surface area contributed by atoms with Crippen LogP contribution in [0.5, 0.6) is 0 Å². The minimum Gasteiger partial charge on any atom is -0.377 e. The predicted octanol–water partition coefficient (Wildman–Crippen LogP) is 3.37. The number of hydrogen-bond donors (Lipinski definition) is 0. The van der Waals surface area contributed by atoms with E-state index in [1.807, 2.05) is 0 Å². The van der Waals surface area contributed by atoms with Crippen LogP contribution in [0.25, 0.3) is 0 Å². The molecule has 0 aromatic heterocycles. The van der Waals surface area contributed by atoms with Crippen molar-refractivity contribution in [2.45, 2.75) is 65.3 Å². The largest absolute Gasteiger partial charge is 0.377 e. The van der Waals surface area contributed by atoms with Gasteiger partial charge in [-0.05, 0) is 42.4 Å². The van der Waals surface area contributed by atoms with Gasteiger partial charge < -0.3 is 14.2 Å². The van der Waals surface area contributed by atoms with Crippen LogP contribution >= 0.6 is 0 Å². The smallest absolute Gasteiger partial charge is 0.159 e. The summed E-state index contributed by atoms with van der Waals surface area (Å²) < 4.78 is 17.4. The van der Waals surface area contributed by atoms with Crippen LogP contribution in [-0.4, -0.2) is 32.2 Å². The second-order valence-electron chi connectivity index (χ2n) is 7.28. The van der Waals surface area contributed by atoms with Gasteiger partial charge in [0.25, 0.3) is 0 Å². The van der Waals surface area contributed by atoms with E-state index in [0.29, 0.717) is 16.9 Å². The van der Waals surface area contributed by atoms with Gasteiger partial charge in [-0.15, -0.1) is 0 Å².